The smallest absolute Gasteiger partial charge is 0.462 e. The van der Waals surface area contributed by atoms with Gasteiger partial charge in [-0.3, -0.25) is 37.3 Å². The maximum atomic E-state index is 13.0. The number of esters is 4. The van der Waals surface area contributed by atoms with Gasteiger partial charge in [0.25, 0.3) is 0 Å². The van der Waals surface area contributed by atoms with Crippen LogP contribution in [0.15, 0.2) is 0 Å². The predicted octanol–water partition coefficient (Wildman–Crippen LogP) is 18.3. The Labute approximate surface area is 511 Å². The number of carbonyl (C=O) groups excluding carboxylic acids is 4. The fourth-order valence-electron chi connectivity index (χ4n) is 9.81. The van der Waals surface area contributed by atoms with Crippen LogP contribution in [-0.4, -0.2) is 96.7 Å². The van der Waals surface area contributed by atoms with Crippen LogP contribution in [0.1, 0.15) is 336 Å². The molecule has 0 aliphatic carbocycles. The third-order valence-electron chi connectivity index (χ3n) is 15.1. The average molecular weight is 1240 g/mol. The van der Waals surface area contributed by atoms with Crippen LogP contribution in [0.25, 0.3) is 0 Å². The molecule has 2 unspecified atom stereocenters. The topological polar surface area (TPSA) is 237 Å². The Hall–Kier alpha value is -1.94. The number of hydrogen-bond acceptors (Lipinski definition) is 15. The molecule has 0 spiro atoms. The third-order valence-corrected chi connectivity index (χ3v) is 17.0. The standard InChI is InChI=1S/C65H126O17P2/c1-5-9-13-17-21-25-29-31-35-38-42-46-50-63(68)76-56-61(82-65(70)52-48-44-40-36-32-30-26-22-18-14-10-6-2)58-80-84(73,74)78-54-59(66)53-77-83(71,72)79-57-60(81-64(69)51-47-43-39-34-28-24-20-16-12-8-4)55-75-62(67)49-45-41-37-33-27-23-19-15-11-7-3/h59-61,66H,5-58H2,1-4H3,(H,71,72)(H,73,74)/t59-,60+,61+/m0/s1. The van der Waals surface area contributed by atoms with E-state index in [9.17, 15) is 43.2 Å². The summed E-state index contributed by atoms with van der Waals surface area (Å²) in [4.78, 5) is 72.2. The molecule has 5 atom stereocenters. The van der Waals surface area contributed by atoms with Gasteiger partial charge in [-0.05, 0) is 25.7 Å². The molecule has 0 saturated carbocycles. The van der Waals surface area contributed by atoms with E-state index in [-0.39, 0.29) is 25.7 Å². The Bertz CT molecular complexity index is 1620. The highest BCUT2D eigenvalue weighted by Crippen LogP contribution is 2.45. The number of aliphatic hydroxyl groups is 1. The summed E-state index contributed by atoms with van der Waals surface area (Å²) in [5, 5.41) is 10.5. The van der Waals surface area contributed by atoms with E-state index in [2.05, 4.69) is 27.7 Å². The first kappa shape index (κ1) is 82.1. The monoisotopic (exact) mass is 1240 g/mol. The molecule has 0 radical (unpaired) electrons. The Morgan fingerprint density at radius 2 is 0.476 bits per heavy atom. The average Bonchev–Trinajstić information content (AvgIpc) is 3.52. The van der Waals surface area contributed by atoms with Gasteiger partial charge in [0, 0.05) is 25.7 Å². The highest BCUT2D eigenvalue weighted by molar-refractivity contribution is 7.47. The summed E-state index contributed by atoms with van der Waals surface area (Å²) in [6, 6.07) is 0. The lowest BCUT2D eigenvalue weighted by Crippen LogP contribution is -2.30. The molecular formula is C65H126O17P2. The molecule has 0 amide bonds. The first-order chi connectivity index (χ1) is 40.7. The Morgan fingerprint density at radius 1 is 0.286 bits per heavy atom. The first-order valence-corrected chi connectivity index (χ1v) is 37.3. The lowest BCUT2D eigenvalue weighted by atomic mass is 10.0. The quantitative estimate of drug-likeness (QED) is 0.0222. The number of phosphoric ester groups is 2. The van der Waals surface area contributed by atoms with Crippen molar-refractivity contribution in [3.05, 3.63) is 0 Å². The molecule has 0 aromatic heterocycles. The molecular weight excluding hydrogens is 1110 g/mol. The number of unbranched alkanes of at least 4 members (excludes halogenated alkanes) is 40. The van der Waals surface area contributed by atoms with Gasteiger partial charge in [0.05, 0.1) is 26.4 Å². The molecule has 0 fully saturated rings. The number of phosphoric acid groups is 2. The second-order valence-corrected chi connectivity index (χ2v) is 26.4. The molecule has 0 rings (SSSR count). The lowest BCUT2D eigenvalue weighted by Gasteiger charge is -2.21. The van der Waals surface area contributed by atoms with E-state index in [0.717, 1.165) is 89.9 Å². The van der Waals surface area contributed by atoms with Gasteiger partial charge in [0.2, 0.25) is 0 Å². The van der Waals surface area contributed by atoms with E-state index >= 15 is 0 Å². The Kier molecular flexibility index (Phi) is 58.6. The van der Waals surface area contributed by atoms with Gasteiger partial charge < -0.3 is 33.8 Å². The van der Waals surface area contributed by atoms with E-state index in [1.54, 1.807) is 0 Å². The molecule has 0 saturated heterocycles. The first-order valence-electron chi connectivity index (χ1n) is 34.3. The Balaban J connectivity index is 5.23. The van der Waals surface area contributed by atoms with Crippen molar-refractivity contribution >= 4 is 39.5 Å². The van der Waals surface area contributed by atoms with Gasteiger partial charge in [-0.1, -0.05) is 285 Å². The number of hydrogen-bond donors (Lipinski definition) is 3. The molecule has 17 nitrogen and oxygen atoms in total. The SMILES string of the molecule is CCCCCCCCCCCCCCC(=O)OC[C@H](COP(=O)(O)OC[C@@H](O)COP(=O)(O)OC[C@@H](COC(=O)CCCCCCCCCCCC)OC(=O)CCCCCCCCCCCC)OC(=O)CCCCCCCCCCCCCC. The maximum Gasteiger partial charge on any atom is 0.472 e. The van der Waals surface area contributed by atoms with Crippen LogP contribution < -0.4 is 0 Å². The molecule has 0 aromatic carbocycles. The zero-order valence-corrected chi connectivity index (χ0v) is 55.7. The van der Waals surface area contributed by atoms with Gasteiger partial charge in [-0.15, -0.1) is 0 Å². The number of rotatable bonds is 66. The van der Waals surface area contributed by atoms with Crippen molar-refractivity contribution in [2.45, 2.75) is 354 Å². The molecule has 498 valence electrons. The minimum Gasteiger partial charge on any atom is -0.462 e. The summed E-state index contributed by atoms with van der Waals surface area (Å²) in [6.45, 7) is 4.89. The minimum atomic E-state index is -4.94. The van der Waals surface area contributed by atoms with Crippen molar-refractivity contribution in [3.8, 4) is 0 Å². The van der Waals surface area contributed by atoms with Crippen LogP contribution in [0.2, 0.25) is 0 Å². The van der Waals surface area contributed by atoms with E-state index in [1.165, 1.54) is 167 Å². The van der Waals surface area contributed by atoms with Gasteiger partial charge in [0.1, 0.15) is 19.3 Å². The van der Waals surface area contributed by atoms with Crippen molar-refractivity contribution in [1.29, 1.82) is 0 Å². The van der Waals surface area contributed by atoms with Crippen LogP contribution in [0, 0.1) is 0 Å². The zero-order valence-electron chi connectivity index (χ0n) is 53.9. The van der Waals surface area contributed by atoms with Crippen molar-refractivity contribution in [1.82, 2.24) is 0 Å². The largest absolute Gasteiger partial charge is 0.472 e. The summed E-state index contributed by atoms with van der Waals surface area (Å²) in [6.07, 6.45) is 45.6. The molecule has 0 aliphatic heterocycles. The van der Waals surface area contributed by atoms with Crippen LogP contribution in [0.3, 0.4) is 0 Å². The van der Waals surface area contributed by atoms with Crippen LogP contribution >= 0.6 is 15.6 Å². The normalized spacial score (nSPS) is 14.1. The fraction of sp³-hybridized carbons (Fsp3) is 0.938. The molecule has 0 aliphatic rings. The second-order valence-electron chi connectivity index (χ2n) is 23.5. The molecule has 3 N–H and O–H groups in total. The fourth-order valence-corrected chi connectivity index (χ4v) is 11.4. The van der Waals surface area contributed by atoms with Crippen molar-refractivity contribution in [3.63, 3.8) is 0 Å². The van der Waals surface area contributed by atoms with Crippen LogP contribution in [-0.2, 0) is 65.4 Å². The summed E-state index contributed by atoms with van der Waals surface area (Å²) < 4.78 is 68.0. The summed E-state index contributed by atoms with van der Waals surface area (Å²) in [5.41, 5.74) is 0. The van der Waals surface area contributed by atoms with Crippen molar-refractivity contribution in [2.75, 3.05) is 39.6 Å². The van der Waals surface area contributed by atoms with Gasteiger partial charge in [0.15, 0.2) is 12.2 Å². The van der Waals surface area contributed by atoms with E-state index < -0.39 is 97.5 Å². The van der Waals surface area contributed by atoms with Gasteiger partial charge >= 0.3 is 39.5 Å². The number of aliphatic hydroxyl groups excluding tert-OH is 1. The third kappa shape index (κ3) is 59.0. The number of carbonyl (C=O) groups is 4. The van der Waals surface area contributed by atoms with Crippen LogP contribution in [0.4, 0.5) is 0 Å². The highest BCUT2D eigenvalue weighted by atomic mass is 31.2. The van der Waals surface area contributed by atoms with E-state index in [1.807, 2.05) is 0 Å². The van der Waals surface area contributed by atoms with Crippen LogP contribution in [0.5, 0.6) is 0 Å². The predicted molar refractivity (Wildman–Crippen MR) is 335 cm³/mol. The molecule has 0 bridgehead atoms. The van der Waals surface area contributed by atoms with E-state index in [0.29, 0.717) is 25.7 Å². The van der Waals surface area contributed by atoms with Gasteiger partial charge in [-0.25, -0.2) is 9.13 Å². The lowest BCUT2D eigenvalue weighted by molar-refractivity contribution is -0.161. The summed E-state index contributed by atoms with van der Waals surface area (Å²) >= 11 is 0. The molecule has 84 heavy (non-hydrogen) atoms. The molecule has 0 aromatic rings. The zero-order chi connectivity index (χ0) is 61.9. The molecule has 19 heteroatoms. The summed E-state index contributed by atoms with van der Waals surface area (Å²) in [5.74, 6) is -2.13. The Morgan fingerprint density at radius 3 is 0.702 bits per heavy atom. The number of ether oxygens (including phenoxy) is 4. The second kappa shape index (κ2) is 60.0. The minimum absolute atomic E-state index is 0.107. The van der Waals surface area contributed by atoms with Crippen molar-refractivity contribution in [2.24, 2.45) is 0 Å². The van der Waals surface area contributed by atoms with Crippen molar-refractivity contribution < 1.29 is 80.2 Å². The van der Waals surface area contributed by atoms with E-state index in [4.69, 9.17) is 37.0 Å². The molecule has 0 heterocycles. The highest BCUT2D eigenvalue weighted by Gasteiger charge is 2.30. The van der Waals surface area contributed by atoms with Gasteiger partial charge in [-0.2, -0.15) is 0 Å². The summed E-state index contributed by atoms with van der Waals surface area (Å²) in [7, 11) is -9.88. The maximum absolute atomic E-state index is 13.0.